The fourth-order valence-corrected chi connectivity index (χ4v) is 3.09. The number of hydrogen-bond donors (Lipinski definition) is 2. The molecule has 0 aromatic carbocycles. The minimum Gasteiger partial charge on any atom is -0.394 e. The lowest BCUT2D eigenvalue weighted by molar-refractivity contribution is 0.171. The Hall–Kier alpha value is -0.120. The minimum atomic E-state index is -0.355. The van der Waals surface area contributed by atoms with Crippen LogP contribution in [-0.2, 0) is 0 Å². The number of aliphatic hydroxyl groups excluding tert-OH is 1. The molecule has 1 fully saturated rings. The van der Waals surface area contributed by atoms with Crippen molar-refractivity contribution in [2.45, 2.75) is 64.8 Å². The molecule has 3 heteroatoms. The van der Waals surface area contributed by atoms with Gasteiger partial charge in [-0.2, -0.15) is 0 Å². The van der Waals surface area contributed by atoms with Crippen LogP contribution in [0.5, 0.6) is 0 Å². The number of hydrogen-bond acceptors (Lipinski definition) is 3. The first-order chi connectivity index (χ1) is 9.00. The summed E-state index contributed by atoms with van der Waals surface area (Å²) in [5.41, 5.74) is 5.78. The van der Waals surface area contributed by atoms with Gasteiger partial charge in [0.1, 0.15) is 0 Å². The smallest absolute Gasteiger partial charge is 0.0611 e. The number of nitrogens with zero attached hydrogens (tertiary/aromatic N) is 1. The number of nitrogens with two attached hydrogens (primary N) is 1. The maximum absolute atomic E-state index is 9.32. The molecule has 0 spiro atoms. The van der Waals surface area contributed by atoms with Crippen LogP contribution in [0.2, 0.25) is 0 Å². The lowest BCUT2D eigenvalue weighted by Crippen LogP contribution is -2.43. The standard InChI is InChI=1S/C16H34N2O/c1-4-16(17,13-19)9-6-11-18-10-5-7-15(8-12-18)14(2)3/h14-15,19H,4-13,17H2,1-3H3. The van der Waals surface area contributed by atoms with Crippen molar-refractivity contribution in [3.05, 3.63) is 0 Å². The molecule has 0 aliphatic carbocycles. The average molecular weight is 270 g/mol. The molecule has 0 bridgehead atoms. The van der Waals surface area contributed by atoms with Crippen molar-refractivity contribution < 1.29 is 5.11 Å². The highest BCUT2D eigenvalue weighted by Crippen LogP contribution is 2.25. The Labute approximate surface area is 119 Å². The van der Waals surface area contributed by atoms with E-state index in [4.69, 9.17) is 5.73 Å². The summed E-state index contributed by atoms with van der Waals surface area (Å²) in [4.78, 5) is 2.59. The van der Waals surface area contributed by atoms with Gasteiger partial charge < -0.3 is 15.7 Å². The van der Waals surface area contributed by atoms with Gasteiger partial charge in [-0.05, 0) is 70.0 Å². The molecule has 1 rings (SSSR count). The van der Waals surface area contributed by atoms with Crippen LogP contribution in [0.1, 0.15) is 59.3 Å². The molecular weight excluding hydrogens is 236 g/mol. The first-order valence-corrected chi connectivity index (χ1v) is 8.13. The molecule has 0 radical (unpaired) electrons. The maximum atomic E-state index is 9.32. The molecule has 0 aromatic heterocycles. The van der Waals surface area contributed by atoms with E-state index >= 15 is 0 Å². The molecule has 0 aromatic rings. The van der Waals surface area contributed by atoms with Crippen LogP contribution in [0.15, 0.2) is 0 Å². The maximum Gasteiger partial charge on any atom is 0.0611 e. The summed E-state index contributed by atoms with van der Waals surface area (Å²) >= 11 is 0. The fraction of sp³-hybridized carbons (Fsp3) is 1.00. The van der Waals surface area contributed by atoms with Gasteiger partial charge in [0.2, 0.25) is 0 Å². The second kappa shape index (κ2) is 8.23. The first kappa shape index (κ1) is 16.9. The average Bonchev–Trinajstić information content (AvgIpc) is 2.64. The molecule has 2 unspecified atom stereocenters. The minimum absolute atomic E-state index is 0.110. The molecular formula is C16H34N2O. The Kier molecular flexibility index (Phi) is 7.33. The molecule has 1 heterocycles. The molecule has 1 aliphatic rings. The predicted octanol–water partition coefficient (Wildman–Crippen LogP) is 2.62. The quantitative estimate of drug-likeness (QED) is 0.747. The third-order valence-corrected chi connectivity index (χ3v) is 4.98. The van der Waals surface area contributed by atoms with Crippen LogP contribution in [0, 0.1) is 11.8 Å². The molecule has 1 aliphatic heterocycles. The lowest BCUT2D eigenvalue weighted by Gasteiger charge is -2.27. The number of likely N-dealkylation sites (tertiary alicyclic amines) is 1. The van der Waals surface area contributed by atoms with Gasteiger partial charge in [-0.25, -0.2) is 0 Å². The SMILES string of the molecule is CCC(N)(CO)CCCN1CCCC(C(C)C)CC1. The Bertz CT molecular complexity index is 239. The predicted molar refractivity (Wildman–Crippen MR) is 82.1 cm³/mol. The van der Waals surface area contributed by atoms with Crippen molar-refractivity contribution >= 4 is 0 Å². The van der Waals surface area contributed by atoms with Gasteiger partial charge >= 0.3 is 0 Å². The van der Waals surface area contributed by atoms with E-state index in [-0.39, 0.29) is 12.1 Å². The topological polar surface area (TPSA) is 49.5 Å². The van der Waals surface area contributed by atoms with Gasteiger partial charge in [-0.1, -0.05) is 20.8 Å². The van der Waals surface area contributed by atoms with Crippen molar-refractivity contribution in [1.29, 1.82) is 0 Å². The van der Waals surface area contributed by atoms with E-state index in [9.17, 15) is 5.11 Å². The molecule has 0 saturated carbocycles. The van der Waals surface area contributed by atoms with Crippen molar-refractivity contribution in [3.63, 3.8) is 0 Å². The normalized spacial score (nSPS) is 25.3. The van der Waals surface area contributed by atoms with Gasteiger partial charge in [0.05, 0.1) is 6.61 Å². The number of aliphatic hydroxyl groups is 1. The first-order valence-electron chi connectivity index (χ1n) is 8.13. The van der Waals surface area contributed by atoms with E-state index in [0.29, 0.717) is 0 Å². The zero-order valence-electron chi connectivity index (χ0n) is 13.2. The highest BCUT2D eigenvalue weighted by molar-refractivity contribution is 4.82. The van der Waals surface area contributed by atoms with Crippen LogP contribution in [0.3, 0.4) is 0 Å². The highest BCUT2D eigenvalue weighted by atomic mass is 16.3. The molecule has 19 heavy (non-hydrogen) atoms. The van der Waals surface area contributed by atoms with Crippen molar-refractivity contribution in [2.24, 2.45) is 17.6 Å². The van der Waals surface area contributed by atoms with Crippen LogP contribution in [-0.4, -0.2) is 41.8 Å². The molecule has 3 N–H and O–H groups in total. The second-order valence-electron chi connectivity index (χ2n) is 6.75. The van der Waals surface area contributed by atoms with Crippen LogP contribution < -0.4 is 5.73 Å². The van der Waals surface area contributed by atoms with E-state index in [0.717, 1.165) is 37.6 Å². The van der Waals surface area contributed by atoms with Gasteiger partial charge in [0, 0.05) is 5.54 Å². The summed E-state index contributed by atoms with van der Waals surface area (Å²) in [5, 5.41) is 9.32. The van der Waals surface area contributed by atoms with Crippen molar-refractivity contribution in [2.75, 3.05) is 26.2 Å². The van der Waals surface area contributed by atoms with Gasteiger partial charge in [0.25, 0.3) is 0 Å². The van der Waals surface area contributed by atoms with E-state index in [1.807, 2.05) is 0 Å². The third kappa shape index (κ3) is 5.80. The zero-order valence-corrected chi connectivity index (χ0v) is 13.2. The van der Waals surface area contributed by atoms with Crippen LogP contribution in [0.25, 0.3) is 0 Å². The summed E-state index contributed by atoms with van der Waals surface area (Å²) in [6.45, 7) is 10.5. The van der Waals surface area contributed by atoms with Crippen molar-refractivity contribution in [3.8, 4) is 0 Å². The fourth-order valence-electron chi connectivity index (χ4n) is 3.09. The molecule has 2 atom stereocenters. The molecule has 114 valence electrons. The largest absolute Gasteiger partial charge is 0.394 e. The number of rotatable bonds is 7. The van der Waals surface area contributed by atoms with Crippen molar-refractivity contribution in [1.82, 2.24) is 4.90 Å². The van der Waals surface area contributed by atoms with Crippen LogP contribution in [0.4, 0.5) is 0 Å². The molecule has 0 amide bonds. The van der Waals surface area contributed by atoms with Gasteiger partial charge in [-0.15, -0.1) is 0 Å². The van der Waals surface area contributed by atoms with Gasteiger partial charge in [-0.3, -0.25) is 0 Å². The second-order valence-corrected chi connectivity index (χ2v) is 6.75. The lowest BCUT2D eigenvalue weighted by atomic mass is 9.89. The zero-order chi connectivity index (χ0) is 14.3. The Morgan fingerprint density at radius 1 is 1.32 bits per heavy atom. The monoisotopic (exact) mass is 270 g/mol. The van der Waals surface area contributed by atoms with Crippen LogP contribution >= 0.6 is 0 Å². The molecule has 3 nitrogen and oxygen atoms in total. The third-order valence-electron chi connectivity index (χ3n) is 4.98. The summed E-state index contributed by atoms with van der Waals surface area (Å²) in [7, 11) is 0. The Morgan fingerprint density at radius 3 is 2.63 bits per heavy atom. The highest BCUT2D eigenvalue weighted by Gasteiger charge is 2.22. The summed E-state index contributed by atoms with van der Waals surface area (Å²) in [6.07, 6.45) is 6.98. The van der Waals surface area contributed by atoms with Gasteiger partial charge in [0.15, 0.2) is 0 Å². The Balaban J connectivity index is 2.27. The van der Waals surface area contributed by atoms with E-state index in [1.165, 1.54) is 32.4 Å². The molecule has 1 saturated heterocycles. The van der Waals surface area contributed by atoms with E-state index in [2.05, 4.69) is 25.7 Å². The summed E-state index contributed by atoms with van der Waals surface area (Å²) in [5.74, 6) is 1.73. The Morgan fingerprint density at radius 2 is 2.05 bits per heavy atom. The summed E-state index contributed by atoms with van der Waals surface area (Å²) in [6, 6.07) is 0. The summed E-state index contributed by atoms with van der Waals surface area (Å²) < 4.78 is 0. The van der Waals surface area contributed by atoms with E-state index in [1.54, 1.807) is 0 Å². The van der Waals surface area contributed by atoms with E-state index < -0.39 is 0 Å².